The van der Waals surface area contributed by atoms with Gasteiger partial charge in [0.15, 0.2) is 6.10 Å². The first-order valence-electron chi connectivity index (χ1n) is 13.3. The summed E-state index contributed by atoms with van der Waals surface area (Å²) in [5, 5.41) is 15.5. The molecule has 5 rings (SSSR count). The number of nitrogens with one attached hydrogen (secondary N) is 2. The van der Waals surface area contributed by atoms with Gasteiger partial charge in [0.25, 0.3) is 5.91 Å². The molecule has 9 heteroatoms. The predicted octanol–water partition coefficient (Wildman–Crippen LogP) is 3.66. The molecule has 0 saturated heterocycles. The molecule has 37 heavy (non-hydrogen) atoms. The lowest BCUT2D eigenvalue weighted by Crippen LogP contribution is -2.48. The lowest BCUT2D eigenvalue weighted by atomic mass is 9.79. The number of aryl methyl sites for hydroxylation is 3. The second-order valence-electron chi connectivity index (χ2n) is 10.3. The summed E-state index contributed by atoms with van der Waals surface area (Å²) in [4.78, 5) is 29.1. The number of ether oxygens (including phenoxy) is 2. The van der Waals surface area contributed by atoms with E-state index >= 15 is 0 Å². The molecule has 1 amide bonds. The van der Waals surface area contributed by atoms with Crippen LogP contribution in [0.5, 0.6) is 5.75 Å². The summed E-state index contributed by atoms with van der Waals surface area (Å²) in [6, 6.07) is 7.45. The van der Waals surface area contributed by atoms with E-state index in [-0.39, 0.29) is 24.9 Å². The first-order valence-corrected chi connectivity index (χ1v) is 13.3. The lowest BCUT2D eigenvalue weighted by molar-refractivity contribution is -0.144. The molecule has 1 aromatic carbocycles. The molecule has 1 fully saturated rings. The number of hydrogen-bond donors (Lipinski definition) is 3. The Bertz CT molecular complexity index is 1140. The second kappa shape index (κ2) is 11.5. The number of amides is 1. The predicted molar refractivity (Wildman–Crippen MR) is 135 cm³/mol. The van der Waals surface area contributed by atoms with Crippen molar-refractivity contribution in [2.45, 2.75) is 76.0 Å². The Morgan fingerprint density at radius 1 is 1.22 bits per heavy atom. The minimum absolute atomic E-state index is 0.131. The highest BCUT2D eigenvalue weighted by atomic mass is 19.1. The number of benzene rings is 1. The van der Waals surface area contributed by atoms with Gasteiger partial charge in [-0.15, -0.1) is 0 Å². The van der Waals surface area contributed by atoms with Crippen molar-refractivity contribution in [1.82, 2.24) is 10.3 Å². The maximum atomic E-state index is 13.4. The van der Waals surface area contributed by atoms with Gasteiger partial charge < -0.3 is 25.2 Å². The highest BCUT2D eigenvalue weighted by Crippen LogP contribution is 2.34. The number of anilines is 1. The number of carboxylic acids is 1. The zero-order valence-electron chi connectivity index (χ0n) is 20.9. The third kappa shape index (κ3) is 6.39. The number of carboxylic acid groups (broad SMARTS) is 1. The van der Waals surface area contributed by atoms with E-state index in [1.165, 1.54) is 23.8 Å². The average Bonchev–Trinajstić information content (AvgIpc) is 2.88. The van der Waals surface area contributed by atoms with Crippen LogP contribution in [-0.2, 0) is 33.6 Å². The molecule has 1 saturated carbocycles. The minimum atomic E-state index is -1.10. The van der Waals surface area contributed by atoms with Gasteiger partial charge in [-0.2, -0.15) is 0 Å². The number of pyridine rings is 1. The summed E-state index contributed by atoms with van der Waals surface area (Å²) < 4.78 is 25.0. The Morgan fingerprint density at radius 3 is 2.92 bits per heavy atom. The number of aliphatic carboxylic acids is 1. The van der Waals surface area contributed by atoms with Gasteiger partial charge in [0, 0.05) is 25.3 Å². The van der Waals surface area contributed by atoms with Crippen molar-refractivity contribution < 1.29 is 28.6 Å². The first kappa shape index (κ1) is 25.4. The van der Waals surface area contributed by atoms with Crippen molar-refractivity contribution in [2.24, 2.45) is 5.92 Å². The smallest absolute Gasteiger partial charge is 0.326 e. The maximum Gasteiger partial charge on any atom is 0.326 e. The molecule has 2 aromatic rings. The molecule has 3 aliphatic rings. The van der Waals surface area contributed by atoms with Crippen LogP contribution in [-0.4, -0.2) is 53.4 Å². The Balaban J connectivity index is 1.00. The topological polar surface area (TPSA) is 110 Å². The first-order chi connectivity index (χ1) is 17.9. The van der Waals surface area contributed by atoms with Gasteiger partial charge in [-0.25, -0.2) is 14.2 Å². The molecule has 8 nitrogen and oxygen atoms in total. The Kier molecular flexibility index (Phi) is 7.88. The van der Waals surface area contributed by atoms with Gasteiger partial charge in [0.05, 0.1) is 6.10 Å². The Labute approximate surface area is 216 Å². The molecule has 1 aliphatic carbocycles. The zero-order chi connectivity index (χ0) is 25.8. The molecule has 198 valence electrons. The van der Waals surface area contributed by atoms with Crippen molar-refractivity contribution in [2.75, 3.05) is 18.5 Å². The average molecular weight is 512 g/mol. The number of fused-ring (bicyclic) bond motifs is 2. The molecule has 1 unspecified atom stereocenters. The number of rotatable bonds is 10. The van der Waals surface area contributed by atoms with Crippen LogP contribution in [0.2, 0.25) is 0 Å². The summed E-state index contributed by atoms with van der Waals surface area (Å²) >= 11 is 0. The Morgan fingerprint density at radius 2 is 2.08 bits per heavy atom. The fourth-order valence-electron chi connectivity index (χ4n) is 5.32. The molecule has 0 spiro atoms. The van der Waals surface area contributed by atoms with E-state index in [2.05, 4.69) is 22.8 Å². The number of halogens is 1. The highest BCUT2D eigenvalue weighted by molar-refractivity contribution is 5.86. The molecule has 2 aliphatic heterocycles. The zero-order valence-corrected chi connectivity index (χ0v) is 20.9. The van der Waals surface area contributed by atoms with Crippen LogP contribution in [0.25, 0.3) is 0 Å². The van der Waals surface area contributed by atoms with Crippen LogP contribution in [0.1, 0.15) is 55.3 Å². The van der Waals surface area contributed by atoms with E-state index in [1.807, 2.05) is 0 Å². The molecular weight excluding hydrogens is 477 g/mol. The molecule has 3 N–H and O–H groups in total. The van der Waals surface area contributed by atoms with Crippen molar-refractivity contribution >= 4 is 17.7 Å². The number of carbonyl (C=O) groups excluding carboxylic acids is 1. The molecule has 2 atom stereocenters. The van der Waals surface area contributed by atoms with E-state index in [0.717, 1.165) is 56.6 Å². The van der Waals surface area contributed by atoms with E-state index in [9.17, 15) is 19.1 Å². The van der Waals surface area contributed by atoms with Gasteiger partial charge in [0.2, 0.25) is 0 Å². The standard InChI is InChI=1S/C28H34FN3O5/c29-20-6-10-24-19(16-20)5-9-25(37-24)27(33)32-23(28(34)35)11-13-36-22-14-17(15-22)3-7-21-8-4-18-2-1-12-30-26(18)31-21/h4,6,8,10,16-17,22-23,25H,1-3,5,7,9,11-15H2,(H,30,31)(H,32,33)(H,34,35)/t17-,22-,23-,25?/m0/s1. The van der Waals surface area contributed by atoms with E-state index in [1.54, 1.807) is 0 Å². The Hall–Kier alpha value is -3.20. The van der Waals surface area contributed by atoms with E-state index in [0.29, 0.717) is 30.1 Å². The normalized spacial score (nSPS) is 22.9. The second-order valence-corrected chi connectivity index (χ2v) is 10.3. The summed E-state index contributed by atoms with van der Waals surface area (Å²) in [5.74, 6) is 0.157. The van der Waals surface area contributed by atoms with Crippen LogP contribution < -0.4 is 15.4 Å². The minimum Gasteiger partial charge on any atom is -0.480 e. The highest BCUT2D eigenvalue weighted by Gasteiger charge is 2.32. The van der Waals surface area contributed by atoms with Crippen molar-refractivity contribution in [3.63, 3.8) is 0 Å². The number of nitrogens with zero attached hydrogens (tertiary/aromatic N) is 1. The quantitative estimate of drug-likeness (QED) is 0.447. The third-order valence-electron chi connectivity index (χ3n) is 7.59. The number of aromatic nitrogens is 1. The fraction of sp³-hybridized carbons (Fsp3) is 0.536. The largest absolute Gasteiger partial charge is 0.480 e. The number of hydrogen-bond acceptors (Lipinski definition) is 6. The molecule has 0 radical (unpaired) electrons. The van der Waals surface area contributed by atoms with Gasteiger partial charge in [-0.05, 0) is 92.7 Å². The summed E-state index contributed by atoms with van der Waals surface area (Å²) in [6.45, 7) is 1.25. The van der Waals surface area contributed by atoms with E-state index < -0.39 is 24.0 Å². The van der Waals surface area contributed by atoms with Gasteiger partial charge in [0.1, 0.15) is 23.4 Å². The van der Waals surface area contributed by atoms with Crippen LogP contribution in [0.4, 0.5) is 10.2 Å². The third-order valence-corrected chi connectivity index (χ3v) is 7.59. The molecule has 0 bridgehead atoms. The maximum absolute atomic E-state index is 13.4. The monoisotopic (exact) mass is 511 g/mol. The lowest BCUT2D eigenvalue weighted by Gasteiger charge is -2.35. The van der Waals surface area contributed by atoms with Gasteiger partial charge in [-0.1, -0.05) is 6.07 Å². The van der Waals surface area contributed by atoms with Crippen molar-refractivity contribution in [3.05, 3.63) is 53.0 Å². The van der Waals surface area contributed by atoms with Crippen molar-refractivity contribution in [1.29, 1.82) is 0 Å². The fourth-order valence-corrected chi connectivity index (χ4v) is 5.32. The van der Waals surface area contributed by atoms with Crippen molar-refractivity contribution in [3.8, 4) is 5.75 Å². The summed E-state index contributed by atoms with van der Waals surface area (Å²) in [6.07, 6.45) is 6.56. The van der Waals surface area contributed by atoms with E-state index in [4.69, 9.17) is 14.5 Å². The van der Waals surface area contributed by atoms with Crippen LogP contribution >= 0.6 is 0 Å². The van der Waals surface area contributed by atoms with Gasteiger partial charge in [-0.3, -0.25) is 4.79 Å². The molecule has 3 heterocycles. The van der Waals surface area contributed by atoms with Gasteiger partial charge >= 0.3 is 5.97 Å². The molecular formula is C28H34FN3O5. The summed E-state index contributed by atoms with van der Waals surface area (Å²) in [7, 11) is 0. The van der Waals surface area contributed by atoms with Crippen LogP contribution in [0.15, 0.2) is 30.3 Å². The van der Waals surface area contributed by atoms with Crippen LogP contribution in [0.3, 0.4) is 0 Å². The SMILES string of the molecule is O=C(N[C@@H](CCO[C@H]1C[C@H](CCc2ccc3c(n2)NCCC3)C1)C(=O)O)C1CCc2cc(F)ccc2O1. The number of carbonyl (C=O) groups is 2. The molecule has 1 aromatic heterocycles. The van der Waals surface area contributed by atoms with Crippen LogP contribution in [0, 0.1) is 11.7 Å². The summed E-state index contributed by atoms with van der Waals surface area (Å²) in [5.41, 5.74) is 3.13.